The number of ether oxygens (including phenoxy) is 2. The number of esters is 1. The van der Waals surface area contributed by atoms with Crippen LogP contribution in [0.1, 0.15) is 15.9 Å². The third-order valence-corrected chi connectivity index (χ3v) is 5.26. The molecule has 0 aromatic heterocycles. The van der Waals surface area contributed by atoms with E-state index < -0.39 is 5.97 Å². The summed E-state index contributed by atoms with van der Waals surface area (Å²) in [4.78, 5) is 29.4. The Morgan fingerprint density at radius 2 is 1.61 bits per heavy atom. The van der Waals surface area contributed by atoms with Crippen LogP contribution in [0.3, 0.4) is 0 Å². The number of rotatable bonds is 5. The van der Waals surface area contributed by atoms with Crippen molar-refractivity contribution in [2.45, 2.75) is 0 Å². The molecule has 1 fully saturated rings. The molecule has 4 rings (SSSR count). The van der Waals surface area contributed by atoms with Crippen LogP contribution in [-0.4, -0.2) is 24.2 Å². The quantitative estimate of drug-likeness (QED) is 0.357. The number of amides is 1. The van der Waals surface area contributed by atoms with Gasteiger partial charge < -0.3 is 14.8 Å². The lowest BCUT2D eigenvalue weighted by Gasteiger charge is -2.04. The van der Waals surface area contributed by atoms with E-state index in [-0.39, 0.29) is 5.91 Å². The van der Waals surface area contributed by atoms with Crippen LogP contribution in [0.5, 0.6) is 11.5 Å². The number of benzene rings is 3. The first-order chi connectivity index (χ1) is 15.1. The SMILES string of the molecule is COc1ccc(N=C2NC(=O)/C(=C/c3ccc(OC(=O)c4ccccc4)cc3)S2)cc1. The van der Waals surface area contributed by atoms with Crippen molar-refractivity contribution in [3.05, 3.63) is 94.9 Å². The van der Waals surface area contributed by atoms with Crippen LogP contribution in [0.15, 0.2) is 88.8 Å². The van der Waals surface area contributed by atoms with E-state index in [9.17, 15) is 9.59 Å². The third kappa shape index (κ3) is 5.21. The van der Waals surface area contributed by atoms with E-state index in [0.29, 0.717) is 21.4 Å². The first-order valence-electron chi connectivity index (χ1n) is 9.42. The molecule has 0 spiro atoms. The van der Waals surface area contributed by atoms with Gasteiger partial charge in [-0.2, -0.15) is 0 Å². The molecule has 3 aromatic carbocycles. The van der Waals surface area contributed by atoms with E-state index in [0.717, 1.165) is 17.0 Å². The maximum absolute atomic E-state index is 12.3. The minimum Gasteiger partial charge on any atom is -0.497 e. The molecule has 0 aliphatic carbocycles. The van der Waals surface area contributed by atoms with Crippen molar-refractivity contribution >= 4 is 40.6 Å². The number of hydrogen-bond donors (Lipinski definition) is 1. The zero-order chi connectivity index (χ0) is 21.6. The summed E-state index contributed by atoms with van der Waals surface area (Å²) in [6.07, 6.45) is 1.76. The van der Waals surface area contributed by atoms with Gasteiger partial charge in [0.05, 0.1) is 23.3 Å². The first kappa shape index (κ1) is 20.4. The van der Waals surface area contributed by atoms with E-state index in [2.05, 4.69) is 10.3 Å². The first-order valence-corrected chi connectivity index (χ1v) is 10.2. The summed E-state index contributed by atoms with van der Waals surface area (Å²) in [5.41, 5.74) is 2.01. The van der Waals surface area contributed by atoms with E-state index in [4.69, 9.17) is 9.47 Å². The second-order valence-corrected chi connectivity index (χ2v) is 7.53. The summed E-state index contributed by atoms with van der Waals surface area (Å²) >= 11 is 1.26. The lowest BCUT2D eigenvalue weighted by atomic mass is 10.2. The van der Waals surface area contributed by atoms with E-state index in [1.807, 2.05) is 30.3 Å². The number of nitrogens with one attached hydrogen (secondary N) is 1. The van der Waals surface area contributed by atoms with Crippen molar-refractivity contribution < 1.29 is 19.1 Å². The second-order valence-electron chi connectivity index (χ2n) is 6.50. The summed E-state index contributed by atoms with van der Waals surface area (Å²) in [6, 6.07) is 23.0. The van der Waals surface area contributed by atoms with Crippen molar-refractivity contribution in [3.63, 3.8) is 0 Å². The fraction of sp³-hybridized carbons (Fsp3) is 0.0417. The highest BCUT2D eigenvalue weighted by Crippen LogP contribution is 2.29. The van der Waals surface area contributed by atoms with Crippen molar-refractivity contribution in [1.82, 2.24) is 5.32 Å². The number of carbonyl (C=O) groups excluding carboxylic acids is 2. The van der Waals surface area contributed by atoms with Gasteiger partial charge in [-0.25, -0.2) is 9.79 Å². The summed E-state index contributed by atoms with van der Waals surface area (Å²) < 4.78 is 10.5. The molecular weight excluding hydrogens is 412 g/mol. The Hall–Kier alpha value is -3.84. The molecule has 1 amide bonds. The monoisotopic (exact) mass is 430 g/mol. The molecule has 1 heterocycles. The molecule has 6 nitrogen and oxygen atoms in total. The Morgan fingerprint density at radius 1 is 0.935 bits per heavy atom. The average Bonchev–Trinajstić information content (AvgIpc) is 3.14. The third-order valence-electron chi connectivity index (χ3n) is 4.35. The van der Waals surface area contributed by atoms with Gasteiger partial charge in [-0.1, -0.05) is 30.3 Å². The number of carbonyl (C=O) groups is 2. The van der Waals surface area contributed by atoms with E-state index in [1.165, 1.54) is 11.8 Å². The smallest absolute Gasteiger partial charge is 0.343 e. The highest BCUT2D eigenvalue weighted by atomic mass is 32.2. The van der Waals surface area contributed by atoms with Crippen molar-refractivity contribution in [3.8, 4) is 11.5 Å². The summed E-state index contributed by atoms with van der Waals surface area (Å²) in [7, 11) is 1.60. The molecule has 0 radical (unpaired) electrons. The van der Waals surface area contributed by atoms with Gasteiger partial charge in [-0.3, -0.25) is 4.79 Å². The van der Waals surface area contributed by atoms with Gasteiger partial charge in [-0.15, -0.1) is 0 Å². The highest BCUT2D eigenvalue weighted by molar-refractivity contribution is 8.18. The molecule has 1 aliphatic rings. The van der Waals surface area contributed by atoms with E-state index in [1.54, 1.807) is 61.7 Å². The molecule has 0 unspecified atom stereocenters. The summed E-state index contributed by atoms with van der Waals surface area (Å²) in [5.74, 6) is 0.542. The number of methoxy groups -OCH3 is 1. The molecule has 0 saturated carbocycles. The minimum absolute atomic E-state index is 0.211. The topological polar surface area (TPSA) is 77.0 Å². The number of hydrogen-bond acceptors (Lipinski definition) is 6. The van der Waals surface area contributed by atoms with Crippen LogP contribution in [0.2, 0.25) is 0 Å². The molecule has 3 aromatic rings. The van der Waals surface area contributed by atoms with Crippen LogP contribution in [0, 0.1) is 0 Å². The number of nitrogens with zero attached hydrogens (tertiary/aromatic N) is 1. The Balaban J connectivity index is 1.42. The predicted molar refractivity (Wildman–Crippen MR) is 122 cm³/mol. The number of aliphatic imine (C=N–C) groups is 1. The molecular formula is C24H18N2O4S. The van der Waals surface area contributed by atoms with Crippen molar-refractivity contribution in [2.75, 3.05) is 7.11 Å². The predicted octanol–water partition coefficient (Wildman–Crippen LogP) is 4.81. The number of thioether (sulfide) groups is 1. The fourth-order valence-corrected chi connectivity index (χ4v) is 3.62. The summed E-state index contributed by atoms with van der Waals surface area (Å²) in [5, 5.41) is 3.27. The molecule has 7 heteroatoms. The summed E-state index contributed by atoms with van der Waals surface area (Å²) in [6.45, 7) is 0. The standard InChI is InChI=1S/C24H18N2O4S/c1-29-19-13-9-18(10-14-19)25-24-26-22(27)21(31-24)15-16-7-11-20(12-8-16)30-23(28)17-5-3-2-4-6-17/h2-15H,1H3,(H,25,26,27)/b21-15-. The maximum Gasteiger partial charge on any atom is 0.343 e. The van der Waals surface area contributed by atoms with Gasteiger partial charge in [0.2, 0.25) is 0 Å². The molecule has 0 bridgehead atoms. The highest BCUT2D eigenvalue weighted by Gasteiger charge is 2.23. The molecule has 1 saturated heterocycles. The number of amidine groups is 1. The maximum atomic E-state index is 12.3. The zero-order valence-corrected chi connectivity index (χ0v) is 17.4. The largest absolute Gasteiger partial charge is 0.497 e. The lowest BCUT2D eigenvalue weighted by Crippen LogP contribution is -2.19. The Morgan fingerprint density at radius 3 is 2.29 bits per heavy atom. The van der Waals surface area contributed by atoms with Crippen molar-refractivity contribution in [1.29, 1.82) is 0 Å². The molecule has 1 N–H and O–H groups in total. The zero-order valence-electron chi connectivity index (χ0n) is 16.6. The van der Waals surface area contributed by atoms with E-state index >= 15 is 0 Å². The minimum atomic E-state index is -0.420. The van der Waals surface area contributed by atoms with Crippen LogP contribution in [0.25, 0.3) is 6.08 Å². The van der Waals surface area contributed by atoms with Gasteiger partial charge in [0, 0.05) is 0 Å². The Labute approximate surface area is 183 Å². The molecule has 31 heavy (non-hydrogen) atoms. The Bertz CT molecular complexity index is 1150. The van der Waals surface area contributed by atoms with Gasteiger partial charge in [-0.05, 0) is 71.9 Å². The molecule has 0 atom stereocenters. The van der Waals surface area contributed by atoms with Crippen LogP contribution in [-0.2, 0) is 4.79 Å². The fourth-order valence-electron chi connectivity index (χ4n) is 2.78. The van der Waals surface area contributed by atoms with Gasteiger partial charge in [0.15, 0.2) is 5.17 Å². The molecule has 1 aliphatic heterocycles. The molecule has 154 valence electrons. The van der Waals surface area contributed by atoms with Gasteiger partial charge in [0.25, 0.3) is 5.91 Å². The van der Waals surface area contributed by atoms with Crippen LogP contribution in [0.4, 0.5) is 5.69 Å². The van der Waals surface area contributed by atoms with Gasteiger partial charge >= 0.3 is 5.97 Å². The van der Waals surface area contributed by atoms with Crippen LogP contribution < -0.4 is 14.8 Å². The lowest BCUT2D eigenvalue weighted by molar-refractivity contribution is -0.115. The van der Waals surface area contributed by atoms with Gasteiger partial charge in [0.1, 0.15) is 11.5 Å². The second kappa shape index (κ2) is 9.32. The Kier molecular flexibility index (Phi) is 6.14. The average molecular weight is 430 g/mol. The van der Waals surface area contributed by atoms with Crippen LogP contribution >= 0.6 is 11.8 Å². The van der Waals surface area contributed by atoms with Crippen molar-refractivity contribution in [2.24, 2.45) is 4.99 Å². The normalized spacial score (nSPS) is 15.7.